The quantitative estimate of drug-likeness (QED) is 0.834. The summed E-state index contributed by atoms with van der Waals surface area (Å²) in [5, 5.41) is 0. The maximum absolute atomic E-state index is 12.1. The van der Waals surface area contributed by atoms with Crippen molar-refractivity contribution in [1.82, 2.24) is 4.90 Å². The van der Waals surface area contributed by atoms with Crippen molar-refractivity contribution in [2.45, 2.75) is 13.3 Å². The van der Waals surface area contributed by atoms with E-state index < -0.39 is 0 Å². The third-order valence-corrected chi connectivity index (χ3v) is 3.56. The van der Waals surface area contributed by atoms with E-state index in [1.165, 1.54) is 0 Å². The van der Waals surface area contributed by atoms with Gasteiger partial charge < -0.3 is 15.4 Å². The number of nitrogens with two attached hydrogens (primary N) is 1. The number of carbonyl (C=O) groups is 1. The molecule has 1 amide bonds. The van der Waals surface area contributed by atoms with E-state index in [1.54, 1.807) is 6.08 Å². The average molecular weight is 274 g/mol. The van der Waals surface area contributed by atoms with Crippen LogP contribution in [0.25, 0.3) is 6.08 Å². The van der Waals surface area contributed by atoms with Crippen LogP contribution in [0.1, 0.15) is 18.9 Å². The summed E-state index contributed by atoms with van der Waals surface area (Å²) in [5.74, 6) is 1.30. The third kappa shape index (κ3) is 3.61. The molecule has 1 aromatic carbocycles. The first-order valence-electron chi connectivity index (χ1n) is 7.13. The molecule has 1 fully saturated rings. The first kappa shape index (κ1) is 14.6. The summed E-state index contributed by atoms with van der Waals surface area (Å²) < 4.78 is 5.54. The number of benzene rings is 1. The molecule has 4 nitrogen and oxygen atoms in total. The Morgan fingerprint density at radius 3 is 3.00 bits per heavy atom. The number of hydrogen-bond donors (Lipinski definition) is 1. The number of para-hydroxylation sites is 1. The molecule has 1 saturated heterocycles. The van der Waals surface area contributed by atoms with Crippen LogP contribution in [-0.4, -0.2) is 37.0 Å². The van der Waals surface area contributed by atoms with E-state index >= 15 is 0 Å². The average Bonchev–Trinajstić information content (AvgIpc) is 2.95. The van der Waals surface area contributed by atoms with Crippen LogP contribution in [0.3, 0.4) is 0 Å². The second kappa shape index (κ2) is 7.10. The summed E-state index contributed by atoms with van der Waals surface area (Å²) in [5.41, 5.74) is 6.57. The van der Waals surface area contributed by atoms with Crippen molar-refractivity contribution in [2.24, 2.45) is 11.7 Å². The van der Waals surface area contributed by atoms with Crippen LogP contribution in [0, 0.1) is 5.92 Å². The van der Waals surface area contributed by atoms with E-state index in [2.05, 4.69) is 0 Å². The van der Waals surface area contributed by atoms with Gasteiger partial charge in [-0.25, -0.2) is 0 Å². The van der Waals surface area contributed by atoms with Crippen molar-refractivity contribution in [3.63, 3.8) is 0 Å². The molecule has 0 aliphatic carbocycles. The number of carbonyl (C=O) groups excluding carboxylic acids is 1. The summed E-state index contributed by atoms with van der Waals surface area (Å²) in [6.45, 7) is 4.79. The fourth-order valence-corrected chi connectivity index (χ4v) is 2.40. The lowest BCUT2D eigenvalue weighted by Gasteiger charge is -2.13. The number of likely N-dealkylation sites (tertiary alicyclic amines) is 1. The molecule has 2 rings (SSSR count). The molecular weight excluding hydrogens is 252 g/mol. The Bertz CT molecular complexity index is 485. The molecule has 0 aromatic heterocycles. The minimum Gasteiger partial charge on any atom is -0.493 e. The van der Waals surface area contributed by atoms with Gasteiger partial charge in [-0.2, -0.15) is 0 Å². The molecule has 1 aliphatic rings. The summed E-state index contributed by atoms with van der Waals surface area (Å²) in [7, 11) is 0. The Morgan fingerprint density at radius 1 is 1.50 bits per heavy atom. The molecule has 1 aliphatic heterocycles. The highest BCUT2D eigenvalue weighted by molar-refractivity contribution is 5.92. The molecule has 4 heteroatoms. The zero-order chi connectivity index (χ0) is 14.4. The fourth-order valence-electron chi connectivity index (χ4n) is 2.40. The molecule has 108 valence electrons. The smallest absolute Gasteiger partial charge is 0.246 e. The molecule has 1 unspecified atom stereocenters. The van der Waals surface area contributed by atoms with Gasteiger partial charge in [-0.15, -0.1) is 0 Å². The normalized spacial score (nSPS) is 18.7. The van der Waals surface area contributed by atoms with Crippen LogP contribution in [0.4, 0.5) is 0 Å². The van der Waals surface area contributed by atoms with E-state index in [1.807, 2.05) is 42.2 Å². The third-order valence-electron chi connectivity index (χ3n) is 3.56. The minimum absolute atomic E-state index is 0.0484. The highest BCUT2D eigenvalue weighted by atomic mass is 16.5. The number of rotatable bonds is 5. The van der Waals surface area contributed by atoms with Gasteiger partial charge in [0.05, 0.1) is 6.61 Å². The van der Waals surface area contributed by atoms with Crippen molar-refractivity contribution in [2.75, 3.05) is 26.2 Å². The Kier molecular flexibility index (Phi) is 5.18. The maximum Gasteiger partial charge on any atom is 0.246 e. The van der Waals surface area contributed by atoms with Crippen LogP contribution < -0.4 is 10.5 Å². The number of ether oxygens (including phenoxy) is 1. The zero-order valence-corrected chi connectivity index (χ0v) is 11.9. The standard InChI is InChI=1S/C16H22N2O2/c1-2-20-15-6-4-3-5-14(15)7-8-16(19)18-10-9-13(11-17)12-18/h3-8,13H,2,9-12,17H2,1H3. The zero-order valence-electron chi connectivity index (χ0n) is 11.9. The lowest BCUT2D eigenvalue weighted by molar-refractivity contribution is -0.125. The first-order valence-corrected chi connectivity index (χ1v) is 7.13. The predicted molar refractivity (Wildman–Crippen MR) is 80.4 cm³/mol. The number of nitrogens with zero attached hydrogens (tertiary/aromatic N) is 1. The summed E-state index contributed by atoms with van der Waals surface area (Å²) in [6.07, 6.45) is 4.45. The monoisotopic (exact) mass is 274 g/mol. The molecule has 0 bridgehead atoms. The van der Waals surface area contributed by atoms with Gasteiger partial charge in [0, 0.05) is 24.7 Å². The van der Waals surface area contributed by atoms with Crippen LogP contribution >= 0.6 is 0 Å². The lowest BCUT2D eigenvalue weighted by atomic mass is 10.1. The van der Waals surface area contributed by atoms with Gasteiger partial charge in [-0.1, -0.05) is 18.2 Å². The topological polar surface area (TPSA) is 55.6 Å². The minimum atomic E-state index is 0.0484. The van der Waals surface area contributed by atoms with Gasteiger partial charge in [0.1, 0.15) is 5.75 Å². The summed E-state index contributed by atoms with van der Waals surface area (Å²) in [4.78, 5) is 14.0. The van der Waals surface area contributed by atoms with Gasteiger partial charge in [0.25, 0.3) is 0 Å². The maximum atomic E-state index is 12.1. The molecule has 0 saturated carbocycles. The molecule has 1 atom stereocenters. The Balaban J connectivity index is 2.00. The van der Waals surface area contributed by atoms with Crippen LogP contribution in [0.5, 0.6) is 5.75 Å². The van der Waals surface area contributed by atoms with Crippen molar-refractivity contribution in [1.29, 1.82) is 0 Å². The SMILES string of the molecule is CCOc1ccccc1C=CC(=O)N1CCC(CN)C1. The Morgan fingerprint density at radius 2 is 2.30 bits per heavy atom. The van der Waals surface area contributed by atoms with E-state index in [0.29, 0.717) is 19.1 Å². The van der Waals surface area contributed by atoms with Crippen molar-refractivity contribution < 1.29 is 9.53 Å². The number of amides is 1. The van der Waals surface area contributed by atoms with Crippen molar-refractivity contribution in [3.05, 3.63) is 35.9 Å². The highest BCUT2D eigenvalue weighted by Crippen LogP contribution is 2.20. The van der Waals surface area contributed by atoms with Gasteiger partial charge in [0.2, 0.25) is 5.91 Å². The molecule has 20 heavy (non-hydrogen) atoms. The van der Waals surface area contributed by atoms with E-state index in [9.17, 15) is 4.79 Å². The van der Waals surface area contributed by atoms with Crippen molar-refractivity contribution in [3.8, 4) is 5.75 Å². The molecule has 2 N–H and O–H groups in total. The highest BCUT2D eigenvalue weighted by Gasteiger charge is 2.23. The predicted octanol–water partition coefficient (Wildman–Crippen LogP) is 1.91. The van der Waals surface area contributed by atoms with E-state index in [0.717, 1.165) is 30.8 Å². The molecule has 0 spiro atoms. The van der Waals surface area contributed by atoms with Crippen LogP contribution in [-0.2, 0) is 4.79 Å². The van der Waals surface area contributed by atoms with E-state index in [4.69, 9.17) is 10.5 Å². The van der Waals surface area contributed by atoms with Crippen molar-refractivity contribution >= 4 is 12.0 Å². The molecule has 0 radical (unpaired) electrons. The second-order valence-corrected chi connectivity index (χ2v) is 4.98. The largest absolute Gasteiger partial charge is 0.493 e. The van der Waals surface area contributed by atoms with E-state index in [-0.39, 0.29) is 5.91 Å². The number of hydrogen-bond acceptors (Lipinski definition) is 3. The van der Waals surface area contributed by atoms with Gasteiger partial charge in [0.15, 0.2) is 0 Å². The molecule has 1 aromatic rings. The van der Waals surface area contributed by atoms with Crippen LogP contribution in [0.2, 0.25) is 0 Å². The Labute approximate surface area is 120 Å². The van der Waals surface area contributed by atoms with Gasteiger partial charge in [-0.05, 0) is 37.9 Å². The first-order chi connectivity index (χ1) is 9.74. The lowest BCUT2D eigenvalue weighted by Crippen LogP contribution is -2.28. The van der Waals surface area contributed by atoms with Gasteiger partial charge >= 0.3 is 0 Å². The fraction of sp³-hybridized carbons (Fsp3) is 0.438. The summed E-state index contributed by atoms with van der Waals surface area (Å²) >= 11 is 0. The molecular formula is C16H22N2O2. The van der Waals surface area contributed by atoms with Crippen LogP contribution in [0.15, 0.2) is 30.3 Å². The second-order valence-electron chi connectivity index (χ2n) is 4.98. The van der Waals surface area contributed by atoms with Gasteiger partial charge in [-0.3, -0.25) is 4.79 Å². The molecule has 1 heterocycles. The summed E-state index contributed by atoms with van der Waals surface area (Å²) in [6, 6.07) is 7.72. The Hall–Kier alpha value is -1.81.